The summed E-state index contributed by atoms with van der Waals surface area (Å²) in [6.45, 7) is -0.854. The predicted molar refractivity (Wildman–Crippen MR) is 103 cm³/mol. The van der Waals surface area contributed by atoms with Gasteiger partial charge in [-0.2, -0.15) is 0 Å². The van der Waals surface area contributed by atoms with Gasteiger partial charge >= 0.3 is 11.4 Å². The molecule has 0 radical (unpaired) electrons. The van der Waals surface area contributed by atoms with Crippen LogP contribution in [0.3, 0.4) is 0 Å². The first kappa shape index (κ1) is 24.1. The van der Waals surface area contributed by atoms with Gasteiger partial charge in [0.15, 0.2) is 12.5 Å². The summed E-state index contributed by atoms with van der Waals surface area (Å²) in [4.78, 5) is 29.8. The molecule has 14 nitrogen and oxygen atoms in total. The number of rotatable bonds is 4. The second-order valence-corrected chi connectivity index (χ2v) is 7.08. The van der Waals surface area contributed by atoms with Gasteiger partial charge in [0.2, 0.25) is 0 Å². The molecule has 0 bridgehead atoms. The Bertz CT molecular complexity index is 920. The van der Waals surface area contributed by atoms with E-state index in [9.17, 15) is 30.0 Å². The topological polar surface area (TPSA) is 210 Å². The standard InChI is InChI=1S/2C9H12N2O5/c2*12-4-5-6(13)7(14)8(16-5)11-3-1-2-10-9(11)15/h2*1-3,5-8,12-14H,4H2/t2*5-,6-,7-,8-/m11/s1. The summed E-state index contributed by atoms with van der Waals surface area (Å²) < 4.78 is 12.5. The normalized spacial score (nSPS) is 34.2. The molecule has 0 aliphatic carbocycles. The van der Waals surface area contributed by atoms with E-state index in [-0.39, 0.29) is 0 Å². The molecule has 0 unspecified atom stereocenters. The number of hydrogen-bond donors (Lipinski definition) is 6. The van der Waals surface area contributed by atoms with Crippen molar-refractivity contribution in [1.29, 1.82) is 0 Å². The molecule has 14 heteroatoms. The van der Waals surface area contributed by atoms with Gasteiger partial charge in [-0.15, -0.1) is 0 Å². The third kappa shape index (κ3) is 4.77. The zero-order valence-electron chi connectivity index (χ0n) is 16.6. The average Bonchev–Trinajstić information content (AvgIpc) is 3.25. The molecule has 0 aromatic carbocycles. The van der Waals surface area contributed by atoms with Gasteiger partial charge in [-0.25, -0.2) is 19.6 Å². The van der Waals surface area contributed by atoms with Crippen molar-refractivity contribution in [2.45, 2.75) is 49.1 Å². The molecule has 2 aromatic heterocycles. The first-order chi connectivity index (χ1) is 15.3. The molecule has 0 spiro atoms. The second-order valence-electron chi connectivity index (χ2n) is 7.08. The number of hydrogen-bond acceptors (Lipinski definition) is 12. The third-order valence-corrected chi connectivity index (χ3v) is 5.06. The van der Waals surface area contributed by atoms with E-state index in [1.54, 1.807) is 0 Å². The molecule has 6 N–H and O–H groups in total. The van der Waals surface area contributed by atoms with Gasteiger partial charge in [0, 0.05) is 24.8 Å². The summed E-state index contributed by atoms with van der Waals surface area (Å²) in [5, 5.41) is 56.1. The van der Waals surface area contributed by atoms with Crippen molar-refractivity contribution in [3.05, 3.63) is 57.9 Å². The Hall–Kier alpha value is -2.56. The van der Waals surface area contributed by atoms with Crippen LogP contribution >= 0.6 is 0 Å². The van der Waals surface area contributed by atoms with Crippen molar-refractivity contribution >= 4 is 0 Å². The summed E-state index contributed by atoms with van der Waals surface area (Å²) in [6, 6.07) is 3.02. The van der Waals surface area contributed by atoms with E-state index >= 15 is 0 Å². The molecular formula is C18H24N4O10. The van der Waals surface area contributed by atoms with Crippen LogP contribution in [0.25, 0.3) is 0 Å². The zero-order chi connectivity index (χ0) is 23.4. The number of aliphatic hydroxyl groups excluding tert-OH is 6. The SMILES string of the molecule is O=c1ncccn1[C@@H]1O[C@H](CO)[C@@H](O)[C@H]1O.O=c1ncccn1[C@@H]1O[C@H](CO)[C@@H](O)[C@H]1O. The Morgan fingerprint density at radius 2 is 1.09 bits per heavy atom. The first-order valence-electron chi connectivity index (χ1n) is 9.61. The lowest BCUT2D eigenvalue weighted by Gasteiger charge is -2.16. The maximum absolute atomic E-state index is 11.4. The van der Waals surface area contributed by atoms with Crippen LogP contribution in [0.4, 0.5) is 0 Å². The minimum atomic E-state index is -1.26. The Balaban J connectivity index is 0.000000181. The van der Waals surface area contributed by atoms with Gasteiger partial charge in [-0.05, 0) is 12.1 Å². The molecule has 4 rings (SSSR count). The van der Waals surface area contributed by atoms with Gasteiger partial charge < -0.3 is 40.1 Å². The molecule has 2 aromatic rings. The molecule has 2 saturated heterocycles. The maximum atomic E-state index is 11.4. The summed E-state index contributed by atoms with van der Waals surface area (Å²) in [6.07, 6.45) is -3.37. The fraction of sp³-hybridized carbons (Fsp3) is 0.556. The van der Waals surface area contributed by atoms with E-state index in [2.05, 4.69) is 9.97 Å². The van der Waals surface area contributed by atoms with Gasteiger partial charge in [0.05, 0.1) is 13.2 Å². The van der Waals surface area contributed by atoms with Gasteiger partial charge in [-0.3, -0.25) is 9.13 Å². The minimum Gasteiger partial charge on any atom is -0.394 e. The molecule has 0 amide bonds. The van der Waals surface area contributed by atoms with E-state index in [1.165, 1.54) is 36.9 Å². The van der Waals surface area contributed by atoms with Crippen molar-refractivity contribution in [3.63, 3.8) is 0 Å². The molecule has 32 heavy (non-hydrogen) atoms. The molecule has 0 saturated carbocycles. The van der Waals surface area contributed by atoms with Gasteiger partial charge in [0.25, 0.3) is 0 Å². The fourth-order valence-corrected chi connectivity index (χ4v) is 3.34. The highest BCUT2D eigenvalue weighted by molar-refractivity contribution is 4.93. The Morgan fingerprint density at radius 1 is 0.719 bits per heavy atom. The number of nitrogens with zero attached hydrogens (tertiary/aromatic N) is 4. The quantitative estimate of drug-likeness (QED) is 0.258. The Labute approximate surface area is 180 Å². The number of aromatic nitrogens is 4. The van der Waals surface area contributed by atoms with Crippen LogP contribution in [-0.2, 0) is 9.47 Å². The van der Waals surface area contributed by atoms with Crippen molar-refractivity contribution in [2.75, 3.05) is 13.2 Å². The van der Waals surface area contributed by atoms with Crippen molar-refractivity contribution in [1.82, 2.24) is 19.1 Å². The van der Waals surface area contributed by atoms with Gasteiger partial charge in [0.1, 0.15) is 36.6 Å². The third-order valence-electron chi connectivity index (χ3n) is 5.06. The first-order valence-corrected chi connectivity index (χ1v) is 9.61. The van der Waals surface area contributed by atoms with Crippen molar-refractivity contribution in [2.24, 2.45) is 0 Å². The highest BCUT2D eigenvalue weighted by Crippen LogP contribution is 2.28. The van der Waals surface area contributed by atoms with E-state index in [4.69, 9.17) is 19.7 Å². The van der Waals surface area contributed by atoms with Crippen LogP contribution < -0.4 is 11.4 Å². The molecule has 2 aliphatic heterocycles. The Kier molecular flexibility index (Phi) is 7.81. The largest absolute Gasteiger partial charge is 0.394 e. The summed E-state index contributed by atoms with van der Waals surface area (Å²) in [5.41, 5.74) is -1.17. The average molecular weight is 456 g/mol. The highest BCUT2D eigenvalue weighted by atomic mass is 16.6. The Morgan fingerprint density at radius 3 is 1.38 bits per heavy atom. The van der Waals surface area contributed by atoms with Crippen LogP contribution in [0.2, 0.25) is 0 Å². The number of ether oxygens (including phenoxy) is 2. The minimum absolute atomic E-state index is 0.427. The van der Waals surface area contributed by atoms with Crippen LogP contribution in [0.15, 0.2) is 46.5 Å². The summed E-state index contributed by atoms with van der Waals surface area (Å²) in [5.74, 6) is 0. The van der Waals surface area contributed by atoms with E-state index < -0.39 is 73.7 Å². The van der Waals surface area contributed by atoms with E-state index in [0.29, 0.717) is 0 Å². The van der Waals surface area contributed by atoms with E-state index in [1.807, 2.05) is 0 Å². The van der Waals surface area contributed by atoms with Crippen LogP contribution in [0.5, 0.6) is 0 Å². The number of aliphatic hydroxyl groups is 6. The maximum Gasteiger partial charge on any atom is 0.349 e. The van der Waals surface area contributed by atoms with Crippen molar-refractivity contribution in [3.8, 4) is 0 Å². The van der Waals surface area contributed by atoms with Gasteiger partial charge in [-0.1, -0.05) is 0 Å². The molecular weight excluding hydrogens is 432 g/mol. The lowest BCUT2D eigenvalue weighted by atomic mass is 10.1. The smallest absolute Gasteiger partial charge is 0.349 e. The van der Waals surface area contributed by atoms with E-state index in [0.717, 1.165) is 9.13 Å². The lowest BCUT2D eigenvalue weighted by molar-refractivity contribution is -0.0549. The summed E-state index contributed by atoms with van der Waals surface area (Å²) >= 11 is 0. The molecule has 2 fully saturated rings. The summed E-state index contributed by atoms with van der Waals surface area (Å²) in [7, 11) is 0. The molecule has 2 aliphatic rings. The molecule has 4 heterocycles. The fourth-order valence-electron chi connectivity index (χ4n) is 3.34. The zero-order valence-corrected chi connectivity index (χ0v) is 16.6. The predicted octanol–water partition coefficient (Wildman–Crippen LogP) is -4.29. The van der Waals surface area contributed by atoms with Crippen molar-refractivity contribution < 1.29 is 40.1 Å². The second kappa shape index (κ2) is 10.4. The lowest BCUT2D eigenvalue weighted by Crippen LogP contribution is -2.35. The van der Waals surface area contributed by atoms with Crippen LogP contribution in [-0.4, -0.2) is 99.6 Å². The molecule has 8 atom stereocenters. The van der Waals surface area contributed by atoms with Crippen LogP contribution in [0, 0.1) is 0 Å². The van der Waals surface area contributed by atoms with Crippen LogP contribution in [0.1, 0.15) is 12.5 Å². The monoisotopic (exact) mass is 456 g/mol. The highest BCUT2D eigenvalue weighted by Gasteiger charge is 2.44. The molecule has 176 valence electrons.